The summed E-state index contributed by atoms with van der Waals surface area (Å²) in [5.74, 6) is 0.217. The molecule has 0 atom stereocenters. The predicted molar refractivity (Wildman–Crippen MR) is 119 cm³/mol. The zero-order chi connectivity index (χ0) is 21.4. The van der Waals surface area contributed by atoms with Crippen molar-refractivity contribution in [2.24, 2.45) is 0 Å². The van der Waals surface area contributed by atoms with Gasteiger partial charge in [-0.3, -0.25) is 4.79 Å². The number of aromatic hydroxyl groups is 1. The minimum Gasteiger partial charge on any atom is -0.508 e. The molecule has 1 aliphatic carbocycles. The maximum Gasteiger partial charge on any atom is 0.251 e. The number of carbonyl (C=O) groups excluding carboxylic acids is 1. The Morgan fingerprint density at radius 2 is 1.94 bits per heavy atom. The monoisotopic (exact) mass is 413 g/mol. The third kappa shape index (κ3) is 3.82. The molecule has 7 heteroatoms. The fraction of sp³-hybridized carbons (Fsp3) is 0.208. The molecule has 31 heavy (non-hydrogen) atoms. The molecule has 3 N–H and O–H groups in total. The number of imidazole rings is 1. The molecule has 2 heterocycles. The highest BCUT2D eigenvalue weighted by atomic mass is 16.3. The number of rotatable bonds is 6. The summed E-state index contributed by atoms with van der Waals surface area (Å²) in [5.41, 5.74) is 5.58. The van der Waals surface area contributed by atoms with Crippen molar-refractivity contribution < 1.29 is 9.90 Å². The van der Waals surface area contributed by atoms with E-state index in [1.807, 2.05) is 49.5 Å². The Morgan fingerprint density at radius 1 is 1.16 bits per heavy atom. The number of phenols is 1. The average molecular weight is 413 g/mol. The fourth-order valence-corrected chi connectivity index (χ4v) is 3.63. The lowest BCUT2D eigenvalue weighted by Gasteiger charge is -2.10. The van der Waals surface area contributed by atoms with E-state index in [0.29, 0.717) is 23.7 Å². The molecule has 0 aliphatic heterocycles. The lowest BCUT2D eigenvalue weighted by Crippen LogP contribution is -2.25. The third-order valence-electron chi connectivity index (χ3n) is 5.51. The summed E-state index contributed by atoms with van der Waals surface area (Å²) in [4.78, 5) is 16.8. The summed E-state index contributed by atoms with van der Waals surface area (Å²) in [5, 5.41) is 21.1. The van der Waals surface area contributed by atoms with E-state index in [4.69, 9.17) is 5.10 Å². The van der Waals surface area contributed by atoms with Gasteiger partial charge in [0.25, 0.3) is 5.91 Å². The number of nitrogens with zero attached hydrogens (tertiary/aromatic N) is 3. The van der Waals surface area contributed by atoms with Gasteiger partial charge in [0.15, 0.2) is 5.65 Å². The maximum atomic E-state index is 12.3. The Hall–Kier alpha value is -3.87. The van der Waals surface area contributed by atoms with E-state index in [1.54, 1.807) is 22.8 Å². The van der Waals surface area contributed by atoms with Crippen LogP contribution in [0.15, 0.2) is 60.8 Å². The Morgan fingerprint density at radius 3 is 2.65 bits per heavy atom. The molecular weight excluding hydrogens is 390 g/mol. The standard InChI is InChI=1S/C24H23N5O2/c1-25-20-13-19(12-17-4-2-3-5-22(17)30)28-29-21(14-26-23(20)29)15-6-8-16(9-7-15)24(31)27-18-10-11-18/h2-9,13-14,18,25,30H,10-12H2,1H3,(H,27,31). The van der Waals surface area contributed by atoms with Crippen LogP contribution in [-0.2, 0) is 6.42 Å². The van der Waals surface area contributed by atoms with E-state index in [-0.39, 0.29) is 11.7 Å². The summed E-state index contributed by atoms with van der Waals surface area (Å²) in [6.07, 6.45) is 4.41. The Labute approximate surface area is 179 Å². The van der Waals surface area contributed by atoms with Gasteiger partial charge in [-0.2, -0.15) is 5.10 Å². The summed E-state index contributed by atoms with van der Waals surface area (Å²) < 4.78 is 1.81. The molecule has 7 nitrogen and oxygen atoms in total. The molecule has 1 saturated carbocycles. The first-order valence-corrected chi connectivity index (χ1v) is 10.4. The Kier molecular flexibility index (Phi) is 4.78. The van der Waals surface area contributed by atoms with Crippen LogP contribution in [0.2, 0.25) is 0 Å². The predicted octanol–water partition coefficient (Wildman–Crippen LogP) is 3.63. The normalized spacial score (nSPS) is 13.3. The van der Waals surface area contributed by atoms with E-state index in [0.717, 1.165) is 41.0 Å². The van der Waals surface area contributed by atoms with Gasteiger partial charge in [0.05, 0.1) is 23.3 Å². The Bertz CT molecular complexity index is 1260. The summed E-state index contributed by atoms with van der Waals surface area (Å²) >= 11 is 0. The van der Waals surface area contributed by atoms with Crippen molar-refractivity contribution >= 4 is 17.2 Å². The molecule has 156 valence electrons. The Balaban J connectivity index is 1.50. The van der Waals surface area contributed by atoms with Crippen molar-refractivity contribution in [1.82, 2.24) is 19.9 Å². The van der Waals surface area contributed by atoms with Crippen LogP contribution in [0.1, 0.15) is 34.5 Å². The van der Waals surface area contributed by atoms with Crippen molar-refractivity contribution in [2.45, 2.75) is 25.3 Å². The number of amides is 1. The van der Waals surface area contributed by atoms with Crippen molar-refractivity contribution in [3.63, 3.8) is 0 Å². The van der Waals surface area contributed by atoms with Gasteiger partial charge >= 0.3 is 0 Å². The second-order valence-electron chi connectivity index (χ2n) is 7.81. The van der Waals surface area contributed by atoms with Crippen molar-refractivity contribution in [1.29, 1.82) is 0 Å². The van der Waals surface area contributed by atoms with Gasteiger partial charge in [-0.15, -0.1) is 0 Å². The number of para-hydroxylation sites is 1. The number of hydrogen-bond donors (Lipinski definition) is 3. The van der Waals surface area contributed by atoms with Gasteiger partial charge in [-0.1, -0.05) is 30.3 Å². The summed E-state index contributed by atoms with van der Waals surface area (Å²) in [7, 11) is 1.85. The first kappa shape index (κ1) is 19.1. The van der Waals surface area contributed by atoms with Crippen LogP contribution in [0.3, 0.4) is 0 Å². The van der Waals surface area contributed by atoms with Crippen LogP contribution in [0.5, 0.6) is 5.75 Å². The minimum absolute atomic E-state index is 0.0345. The van der Waals surface area contributed by atoms with E-state index in [9.17, 15) is 9.90 Å². The average Bonchev–Trinajstić information content (AvgIpc) is 3.50. The van der Waals surface area contributed by atoms with Crippen LogP contribution in [0.25, 0.3) is 16.9 Å². The molecule has 2 aromatic heterocycles. The molecular formula is C24H23N5O2. The molecule has 0 radical (unpaired) electrons. The van der Waals surface area contributed by atoms with Crippen LogP contribution >= 0.6 is 0 Å². The van der Waals surface area contributed by atoms with E-state index < -0.39 is 0 Å². The number of phenolic OH excluding ortho intramolecular Hbond substituents is 1. The fourth-order valence-electron chi connectivity index (χ4n) is 3.63. The SMILES string of the molecule is CNc1cc(Cc2ccccc2O)nn2c(-c3ccc(C(=O)NC4CC4)cc3)cnc12. The van der Waals surface area contributed by atoms with Crippen molar-refractivity contribution in [2.75, 3.05) is 12.4 Å². The van der Waals surface area contributed by atoms with E-state index >= 15 is 0 Å². The van der Waals surface area contributed by atoms with Gasteiger partial charge in [-0.05, 0) is 42.7 Å². The number of anilines is 1. The molecule has 1 aliphatic rings. The van der Waals surface area contributed by atoms with Crippen LogP contribution < -0.4 is 10.6 Å². The molecule has 2 aromatic carbocycles. The largest absolute Gasteiger partial charge is 0.508 e. The smallest absolute Gasteiger partial charge is 0.251 e. The molecule has 0 saturated heterocycles. The van der Waals surface area contributed by atoms with Gasteiger partial charge in [0, 0.05) is 30.6 Å². The maximum absolute atomic E-state index is 12.3. The van der Waals surface area contributed by atoms with E-state index in [2.05, 4.69) is 15.6 Å². The summed E-state index contributed by atoms with van der Waals surface area (Å²) in [6, 6.07) is 17.0. The van der Waals surface area contributed by atoms with Gasteiger partial charge < -0.3 is 15.7 Å². The van der Waals surface area contributed by atoms with Crippen LogP contribution in [-0.4, -0.2) is 38.7 Å². The zero-order valence-corrected chi connectivity index (χ0v) is 17.2. The highest BCUT2D eigenvalue weighted by Crippen LogP contribution is 2.27. The van der Waals surface area contributed by atoms with Gasteiger partial charge in [0.2, 0.25) is 0 Å². The highest BCUT2D eigenvalue weighted by molar-refractivity contribution is 5.95. The number of aromatic nitrogens is 3. The van der Waals surface area contributed by atoms with Gasteiger partial charge in [0.1, 0.15) is 5.75 Å². The molecule has 1 fully saturated rings. The topological polar surface area (TPSA) is 91.5 Å². The molecule has 0 bridgehead atoms. The summed E-state index contributed by atoms with van der Waals surface area (Å²) in [6.45, 7) is 0. The zero-order valence-electron chi connectivity index (χ0n) is 17.2. The lowest BCUT2D eigenvalue weighted by molar-refractivity contribution is 0.0951. The van der Waals surface area contributed by atoms with Crippen molar-refractivity contribution in [3.05, 3.63) is 77.6 Å². The van der Waals surface area contributed by atoms with Crippen LogP contribution in [0.4, 0.5) is 5.69 Å². The minimum atomic E-state index is -0.0345. The third-order valence-corrected chi connectivity index (χ3v) is 5.51. The van der Waals surface area contributed by atoms with Gasteiger partial charge in [-0.25, -0.2) is 9.50 Å². The second-order valence-corrected chi connectivity index (χ2v) is 7.81. The molecule has 5 rings (SSSR count). The number of nitrogens with one attached hydrogen (secondary N) is 2. The number of hydrogen-bond acceptors (Lipinski definition) is 5. The van der Waals surface area contributed by atoms with E-state index in [1.165, 1.54) is 0 Å². The molecule has 1 amide bonds. The lowest BCUT2D eigenvalue weighted by atomic mass is 10.1. The second kappa shape index (κ2) is 7.75. The molecule has 0 unspecified atom stereocenters. The van der Waals surface area contributed by atoms with Crippen LogP contribution in [0, 0.1) is 0 Å². The highest BCUT2D eigenvalue weighted by Gasteiger charge is 2.23. The molecule has 0 spiro atoms. The quantitative estimate of drug-likeness (QED) is 0.449. The number of carbonyl (C=O) groups is 1. The van der Waals surface area contributed by atoms with Crippen molar-refractivity contribution in [3.8, 4) is 17.0 Å². The first-order chi connectivity index (χ1) is 15.1. The first-order valence-electron chi connectivity index (χ1n) is 10.4. The molecule has 4 aromatic rings. The number of benzene rings is 2. The number of fused-ring (bicyclic) bond motifs is 1.